The van der Waals surface area contributed by atoms with E-state index in [1.165, 1.54) is 7.11 Å². The summed E-state index contributed by atoms with van der Waals surface area (Å²) in [5.74, 6) is -1.46. The van der Waals surface area contributed by atoms with E-state index in [2.05, 4.69) is 5.32 Å². The third-order valence-electron chi connectivity index (χ3n) is 2.19. The van der Waals surface area contributed by atoms with E-state index in [0.717, 1.165) is 18.2 Å². The molecule has 1 rings (SSSR count). The maximum absolute atomic E-state index is 12.9. The van der Waals surface area contributed by atoms with Crippen LogP contribution in [0, 0.1) is 5.82 Å². The minimum atomic E-state index is -0.594. The summed E-state index contributed by atoms with van der Waals surface area (Å²) in [6.45, 7) is 0.438. The summed E-state index contributed by atoms with van der Waals surface area (Å²) < 4.78 is 17.8. The molecule has 5 nitrogen and oxygen atoms in total. The third kappa shape index (κ3) is 3.69. The number of rotatable bonds is 5. The smallest absolute Gasteiger partial charge is 0.255 e. The molecule has 1 aromatic rings. The Morgan fingerprint density at radius 2 is 2.35 bits per heavy atom. The van der Waals surface area contributed by atoms with Crippen LogP contribution in [0.15, 0.2) is 18.2 Å². The van der Waals surface area contributed by atoms with Gasteiger partial charge in [-0.05, 0) is 18.2 Å². The number of nitrogens with one attached hydrogen (secondary N) is 1. The van der Waals surface area contributed by atoms with E-state index in [1.54, 1.807) is 0 Å². The van der Waals surface area contributed by atoms with Gasteiger partial charge in [-0.25, -0.2) is 4.39 Å². The van der Waals surface area contributed by atoms with E-state index in [9.17, 15) is 14.3 Å². The van der Waals surface area contributed by atoms with Crippen LogP contribution in [-0.2, 0) is 4.74 Å². The number of hydrogen-bond donors (Lipinski definition) is 3. The van der Waals surface area contributed by atoms with Gasteiger partial charge in [-0.1, -0.05) is 0 Å². The van der Waals surface area contributed by atoms with Gasteiger partial charge < -0.3 is 20.9 Å². The van der Waals surface area contributed by atoms with Gasteiger partial charge >= 0.3 is 0 Å². The monoisotopic (exact) mass is 242 g/mol. The summed E-state index contributed by atoms with van der Waals surface area (Å²) in [6, 6.07) is 2.78. The van der Waals surface area contributed by atoms with Crippen molar-refractivity contribution in [2.45, 2.75) is 6.04 Å². The van der Waals surface area contributed by atoms with Crippen LogP contribution in [-0.4, -0.2) is 37.3 Å². The number of benzene rings is 1. The molecule has 1 amide bonds. The number of aromatic hydroxyl groups is 1. The highest BCUT2D eigenvalue weighted by Crippen LogP contribution is 2.17. The van der Waals surface area contributed by atoms with Crippen LogP contribution in [0.4, 0.5) is 4.39 Å². The van der Waals surface area contributed by atoms with E-state index < -0.39 is 11.7 Å². The van der Waals surface area contributed by atoms with Gasteiger partial charge in [-0.3, -0.25) is 4.79 Å². The molecule has 0 radical (unpaired) electrons. The number of nitrogens with two attached hydrogens (primary N) is 1. The molecule has 1 unspecified atom stereocenters. The molecule has 6 heteroatoms. The standard InChI is InChI=1S/C11H15FN2O3/c1-17-6-8(5-13)14-11(16)9-4-7(12)2-3-10(9)15/h2-4,8,15H,5-6,13H2,1H3,(H,14,16). The lowest BCUT2D eigenvalue weighted by atomic mass is 10.1. The second kappa shape index (κ2) is 6.17. The number of halogens is 1. The van der Waals surface area contributed by atoms with Crippen LogP contribution in [0.2, 0.25) is 0 Å². The van der Waals surface area contributed by atoms with Gasteiger partial charge in [-0.2, -0.15) is 0 Å². The first-order chi connectivity index (χ1) is 8.08. The van der Waals surface area contributed by atoms with E-state index in [1.807, 2.05) is 0 Å². The topological polar surface area (TPSA) is 84.6 Å². The van der Waals surface area contributed by atoms with E-state index >= 15 is 0 Å². The predicted molar refractivity (Wildman–Crippen MR) is 60.2 cm³/mol. The van der Waals surface area contributed by atoms with Crippen LogP contribution in [0.25, 0.3) is 0 Å². The molecule has 0 bridgehead atoms. The molecule has 1 atom stereocenters. The molecule has 94 valence electrons. The molecule has 0 aromatic heterocycles. The van der Waals surface area contributed by atoms with Crippen LogP contribution in [0.1, 0.15) is 10.4 Å². The van der Waals surface area contributed by atoms with Gasteiger partial charge in [0.1, 0.15) is 11.6 Å². The first kappa shape index (κ1) is 13.4. The maximum Gasteiger partial charge on any atom is 0.255 e. The van der Waals surface area contributed by atoms with Gasteiger partial charge in [0.2, 0.25) is 0 Å². The van der Waals surface area contributed by atoms with E-state index in [4.69, 9.17) is 10.5 Å². The molecule has 0 fully saturated rings. The second-order valence-electron chi connectivity index (χ2n) is 3.52. The summed E-state index contributed by atoms with van der Waals surface area (Å²) >= 11 is 0. The highest BCUT2D eigenvalue weighted by Gasteiger charge is 2.16. The first-order valence-corrected chi connectivity index (χ1v) is 5.07. The van der Waals surface area contributed by atoms with E-state index in [-0.39, 0.29) is 30.5 Å². The zero-order chi connectivity index (χ0) is 12.8. The molecule has 0 aliphatic heterocycles. The molecule has 0 saturated carbocycles. The second-order valence-corrected chi connectivity index (χ2v) is 3.52. The summed E-state index contributed by atoms with van der Waals surface area (Å²) in [7, 11) is 1.48. The van der Waals surface area contributed by atoms with Crippen molar-refractivity contribution >= 4 is 5.91 Å². The number of carbonyl (C=O) groups is 1. The molecule has 0 aliphatic rings. The van der Waals surface area contributed by atoms with Gasteiger partial charge in [-0.15, -0.1) is 0 Å². The summed E-state index contributed by atoms with van der Waals surface area (Å²) in [5.41, 5.74) is 5.30. The van der Waals surface area contributed by atoms with Crippen molar-refractivity contribution in [1.82, 2.24) is 5.32 Å². The average molecular weight is 242 g/mol. The molecule has 4 N–H and O–H groups in total. The Morgan fingerprint density at radius 3 is 2.94 bits per heavy atom. The minimum absolute atomic E-state index is 0.125. The fourth-order valence-electron chi connectivity index (χ4n) is 1.32. The Labute approximate surface area is 98.4 Å². The SMILES string of the molecule is COCC(CN)NC(=O)c1cc(F)ccc1O. The van der Waals surface area contributed by atoms with Crippen molar-refractivity contribution in [2.24, 2.45) is 5.73 Å². The van der Waals surface area contributed by atoms with Crippen molar-refractivity contribution in [2.75, 3.05) is 20.3 Å². The van der Waals surface area contributed by atoms with Crippen molar-refractivity contribution in [3.05, 3.63) is 29.6 Å². The van der Waals surface area contributed by atoms with Gasteiger partial charge in [0.15, 0.2) is 0 Å². The Balaban J connectivity index is 2.78. The maximum atomic E-state index is 12.9. The van der Waals surface area contributed by atoms with Crippen LogP contribution in [0.5, 0.6) is 5.75 Å². The Hall–Kier alpha value is -1.66. The molecule has 1 aromatic carbocycles. The highest BCUT2D eigenvalue weighted by atomic mass is 19.1. The average Bonchev–Trinajstić information content (AvgIpc) is 2.31. The van der Waals surface area contributed by atoms with Crippen LogP contribution >= 0.6 is 0 Å². The quantitative estimate of drug-likeness (QED) is 0.690. The molecule has 17 heavy (non-hydrogen) atoms. The first-order valence-electron chi connectivity index (χ1n) is 5.07. The Morgan fingerprint density at radius 1 is 1.65 bits per heavy atom. The number of carbonyl (C=O) groups excluding carboxylic acids is 1. The third-order valence-corrected chi connectivity index (χ3v) is 2.19. The number of ether oxygens (including phenoxy) is 1. The lowest BCUT2D eigenvalue weighted by Gasteiger charge is -2.16. The molecule has 0 heterocycles. The largest absolute Gasteiger partial charge is 0.507 e. The highest BCUT2D eigenvalue weighted by molar-refractivity contribution is 5.97. The fraction of sp³-hybridized carbons (Fsp3) is 0.364. The number of phenolic OH excluding ortho intramolecular Hbond substituents is 1. The number of amides is 1. The molecular weight excluding hydrogens is 227 g/mol. The fourth-order valence-corrected chi connectivity index (χ4v) is 1.32. The normalized spacial score (nSPS) is 12.2. The predicted octanol–water partition coefficient (Wildman–Crippen LogP) is 0.235. The van der Waals surface area contributed by atoms with Crippen molar-refractivity contribution in [3.63, 3.8) is 0 Å². The van der Waals surface area contributed by atoms with Crippen LogP contribution in [0.3, 0.4) is 0 Å². The van der Waals surface area contributed by atoms with Gasteiger partial charge in [0.25, 0.3) is 5.91 Å². The van der Waals surface area contributed by atoms with Crippen molar-refractivity contribution in [1.29, 1.82) is 0 Å². The number of phenols is 1. The van der Waals surface area contributed by atoms with Crippen LogP contribution < -0.4 is 11.1 Å². The van der Waals surface area contributed by atoms with Crippen molar-refractivity contribution in [3.8, 4) is 5.75 Å². The Kier molecular flexibility index (Phi) is 4.86. The van der Waals surface area contributed by atoms with Gasteiger partial charge in [0, 0.05) is 13.7 Å². The lowest BCUT2D eigenvalue weighted by molar-refractivity contribution is 0.0897. The number of hydrogen-bond acceptors (Lipinski definition) is 4. The van der Waals surface area contributed by atoms with Crippen molar-refractivity contribution < 1.29 is 19.0 Å². The molecule has 0 aliphatic carbocycles. The van der Waals surface area contributed by atoms with E-state index in [0.29, 0.717) is 0 Å². The molecular formula is C11H15FN2O3. The Bertz CT molecular complexity index is 398. The summed E-state index contributed by atoms with van der Waals surface area (Å²) in [6.07, 6.45) is 0. The zero-order valence-corrected chi connectivity index (χ0v) is 9.44. The summed E-state index contributed by atoms with van der Waals surface area (Å²) in [5, 5.41) is 12.0. The molecule has 0 spiro atoms. The zero-order valence-electron chi connectivity index (χ0n) is 9.44. The summed E-state index contributed by atoms with van der Waals surface area (Å²) in [4.78, 5) is 11.7. The lowest BCUT2D eigenvalue weighted by Crippen LogP contribution is -2.43. The molecule has 0 saturated heterocycles. The van der Waals surface area contributed by atoms with Gasteiger partial charge in [0.05, 0.1) is 18.2 Å². The minimum Gasteiger partial charge on any atom is -0.507 e. The number of methoxy groups -OCH3 is 1.